The van der Waals surface area contributed by atoms with Crippen LogP contribution in [0.25, 0.3) is 109 Å². The third kappa shape index (κ3) is 4.41. The van der Waals surface area contributed by atoms with Crippen LogP contribution in [0.15, 0.2) is 182 Å². The van der Waals surface area contributed by atoms with Gasteiger partial charge in [-0.05, 0) is 156 Å². The quantitative estimate of drug-likeness (QED) is 0.157. The molecule has 0 heterocycles. The van der Waals surface area contributed by atoms with Crippen molar-refractivity contribution < 1.29 is 0 Å². The van der Waals surface area contributed by atoms with E-state index in [2.05, 4.69) is 210 Å². The first kappa shape index (κ1) is 33.9. The van der Waals surface area contributed by atoms with Crippen LogP contribution in [-0.4, -0.2) is 0 Å². The van der Waals surface area contributed by atoms with Crippen LogP contribution in [-0.2, 0) is 10.8 Å². The zero-order chi connectivity index (χ0) is 40.1. The van der Waals surface area contributed by atoms with Crippen LogP contribution in [0.1, 0.15) is 49.9 Å². The van der Waals surface area contributed by atoms with E-state index in [4.69, 9.17) is 0 Å². The molecule has 282 valence electrons. The fraction of sp³-hybridized carbons (Fsp3) is 0.100. The largest absolute Gasteiger partial charge is 0.0619 e. The maximum Gasteiger partial charge on any atom is 0.0159 e. The highest BCUT2D eigenvalue weighted by Crippen LogP contribution is 2.53. The molecule has 0 amide bonds. The summed E-state index contributed by atoms with van der Waals surface area (Å²) in [6, 6.07) is 69.5. The number of rotatable bonds is 3. The van der Waals surface area contributed by atoms with Gasteiger partial charge in [-0.2, -0.15) is 0 Å². The molecule has 11 aromatic rings. The zero-order valence-corrected chi connectivity index (χ0v) is 34.3. The molecule has 0 heteroatoms. The Bertz CT molecular complexity index is 3650. The molecule has 13 rings (SSSR count). The molecule has 0 bridgehead atoms. The molecule has 2 aliphatic carbocycles. The van der Waals surface area contributed by atoms with Gasteiger partial charge in [0.25, 0.3) is 0 Å². The van der Waals surface area contributed by atoms with Crippen molar-refractivity contribution in [3.8, 4) is 55.6 Å². The van der Waals surface area contributed by atoms with Crippen molar-refractivity contribution in [2.45, 2.75) is 38.5 Å². The number of hydrogen-bond donors (Lipinski definition) is 0. The Morgan fingerprint density at radius 2 is 0.717 bits per heavy atom. The number of benzene rings is 11. The lowest BCUT2D eigenvalue weighted by Crippen LogP contribution is -2.14. The first-order valence-corrected chi connectivity index (χ1v) is 21.4. The molecule has 0 radical (unpaired) electrons. The normalized spacial score (nSPS) is 14.6. The Kier molecular flexibility index (Phi) is 6.67. The second-order valence-electron chi connectivity index (χ2n) is 18.4. The average Bonchev–Trinajstić information content (AvgIpc) is 3.66. The Morgan fingerprint density at radius 3 is 1.40 bits per heavy atom. The molecule has 0 aliphatic heterocycles. The van der Waals surface area contributed by atoms with E-state index in [0.29, 0.717) is 0 Å². The summed E-state index contributed by atoms with van der Waals surface area (Å²) < 4.78 is 0. The molecule has 0 saturated carbocycles. The number of hydrogen-bond acceptors (Lipinski definition) is 0. The van der Waals surface area contributed by atoms with Crippen molar-refractivity contribution >= 4 is 53.9 Å². The number of fused-ring (bicyclic) bond motifs is 9. The molecule has 11 aromatic carbocycles. The summed E-state index contributed by atoms with van der Waals surface area (Å²) >= 11 is 0. The average molecular weight is 763 g/mol. The minimum Gasteiger partial charge on any atom is -0.0619 e. The third-order valence-corrected chi connectivity index (χ3v) is 14.6. The molecular weight excluding hydrogens is 721 g/mol. The highest BCUT2D eigenvalue weighted by molar-refractivity contribution is 6.31. The van der Waals surface area contributed by atoms with Crippen LogP contribution in [0.2, 0.25) is 0 Å². The van der Waals surface area contributed by atoms with Crippen molar-refractivity contribution in [1.82, 2.24) is 0 Å². The minimum atomic E-state index is -0.0935. The summed E-state index contributed by atoms with van der Waals surface area (Å²) in [7, 11) is 0. The van der Waals surface area contributed by atoms with E-state index >= 15 is 0 Å². The van der Waals surface area contributed by atoms with E-state index in [0.717, 1.165) is 0 Å². The molecule has 0 nitrogen and oxygen atoms in total. The van der Waals surface area contributed by atoms with Gasteiger partial charge in [0, 0.05) is 10.8 Å². The molecule has 0 fully saturated rings. The van der Waals surface area contributed by atoms with Crippen LogP contribution >= 0.6 is 0 Å². The van der Waals surface area contributed by atoms with Gasteiger partial charge in [0.15, 0.2) is 0 Å². The van der Waals surface area contributed by atoms with Crippen LogP contribution in [0, 0.1) is 0 Å². The molecule has 0 spiro atoms. The fourth-order valence-electron chi connectivity index (χ4n) is 11.6. The van der Waals surface area contributed by atoms with Gasteiger partial charge in [-0.25, -0.2) is 0 Å². The molecule has 2 aliphatic rings. The van der Waals surface area contributed by atoms with Crippen molar-refractivity contribution in [3.05, 3.63) is 204 Å². The summed E-state index contributed by atoms with van der Waals surface area (Å²) in [6.45, 7) is 9.53. The first-order chi connectivity index (χ1) is 29.3. The van der Waals surface area contributed by atoms with Gasteiger partial charge in [0.2, 0.25) is 0 Å². The van der Waals surface area contributed by atoms with Crippen molar-refractivity contribution in [2.75, 3.05) is 0 Å². The SMILES string of the molecule is CC1(C)c2ccccc2-c2ccc(-c3ccc4ccc5c(-c6ccc7c(c6)C(C)(C)c6ccccc6-7)cc(-c6cc7ccccc7c7ccccc67)c6ccc3c4c56)cc21. The van der Waals surface area contributed by atoms with Gasteiger partial charge in [0.1, 0.15) is 0 Å². The summed E-state index contributed by atoms with van der Waals surface area (Å²) in [4.78, 5) is 0. The van der Waals surface area contributed by atoms with Crippen LogP contribution in [0.5, 0.6) is 0 Å². The summed E-state index contributed by atoms with van der Waals surface area (Å²) in [5, 5.41) is 13.0. The monoisotopic (exact) mass is 762 g/mol. The lowest BCUT2D eigenvalue weighted by molar-refractivity contribution is 0.660. The van der Waals surface area contributed by atoms with Gasteiger partial charge in [-0.3, -0.25) is 0 Å². The van der Waals surface area contributed by atoms with Crippen molar-refractivity contribution in [3.63, 3.8) is 0 Å². The summed E-state index contributed by atoms with van der Waals surface area (Å²) in [5.74, 6) is 0. The van der Waals surface area contributed by atoms with Crippen LogP contribution < -0.4 is 0 Å². The molecule has 0 N–H and O–H groups in total. The van der Waals surface area contributed by atoms with Gasteiger partial charge in [-0.15, -0.1) is 0 Å². The van der Waals surface area contributed by atoms with Gasteiger partial charge in [0.05, 0.1) is 0 Å². The lowest BCUT2D eigenvalue weighted by Gasteiger charge is -2.24. The Balaban J connectivity index is 1.12. The van der Waals surface area contributed by atoms with Crippen molar-refractivity contribution in [1.29, 1.82) is 0 Å². The standard InChI is InChI=1S/C60H42/c1-59(2)53-19-11-9-17-43(53)45-26-23-37(32-55(45)59)40-25-21-35-22-28-48-50(38-24-27-46-44-18-10-12-20-54(44)60(3,4)56(46)33-38)34-52(49-30-29-47(40)57(35)58(48)49)51-31-36-13-5-6-14-39(36)41-15-7-8-16-42(41)51/h5-34H,1-4H3. The Labute approximate surface area is 350 Å². The van der Waals surface area contributed by atoms with E-state index in [9.17, 15) is 0 Å². The molecule has 0 aromatic heterocycles. The molecule has 0 atom stereocenters. The smallest absolute Gasteiger partial charge is 0.0159 e. The zero-order valence-electron chi connectivity index (χ0n) is 34.3. The summed E-state index contributed by atoms with van der Waals surface area (Å²) in [5.41, 5.74) is 18.5. The Hall–Kier alpha value is -7.02. The third-order valence-electron chi connectivity index (χ3n) is 14.6. The molecular formula is C60H42. The lowest BCUT2D eigenvalue weighted by atomic mass is 9.79. The second-order valence-corrected chi connectivity index (χ2v) is 18.4. The van der Waals surface area contributed by atoms with E-state index in [1.165, 1.54) is 132 Å². The van der Waals surface area contributed by atoms with Gasteiger partial charge < -0.3 is 0 Å². The van der Waals surface area contributed by atoms with Crippen molar-refractivity contribution in [2.24, 2.45) is 0 Å². The van der Waals surface area contributed by atoms with Gasteiger partial charge in [-0.1, -0.05) is 185 Å². The highest BCUT2D eigenvalue weighted by atomic mass is 14.4. The van der Waals surface area contributed by atoms with E-state index in [1.807, 2.05) is 0 Å². The predicted octanol–water partition coefficient (Wildman–Crippen LogP) is 16.5. The van der Waals surface area contributed by atoms with E-state index < -0.39 is 0 Å². The van der Waals surface area contributed by atoms with Gasteiger partial charge >= 0.3 is 0 Å². The maximum atomic E-state index is 2.51. The molecule has 0 unspecified atom stereocenters. The maximum absolute atomic E-state index is 2.51. The highest BCUT2D eigenvalue weighted by Gasteiger charge is 2.37. The Morgan fingerprint density at radius 1 is 0.250 bits per heavy atom. The summed E-state index contributed by atoms with van der Waals surface area (Å²) in [6.07, 6.45) is 0. The van der Waals surface area contributed by atoms with E-state index in [-0.39, 0.29) is 10.8 Å². The first-order valence-electron chi connectivity index (χ1n) is 21.4. The van der Waals surface area contributed by atoms with Crippen LogP contribution in [0.4, 0.5) is 0 Å². The van der Waals surface area contributed by atoms with E-state index in [1.54, 1.807) is 0 Å². The van der Waals surface area contributed by atoms with Crippen LogP contribution in [0.3, 0.4) is 0 Å². The minimum absolute atomic E-state index is 0.0655. The second kappa shape index (κ2) is 11.8. The predicted molar refractivity (Wildman–Crippen MR) is 257 cm³/mol. The molecule has 60 heavy (non-hydrogen) atoms. The topological polar surface area (TPSA) is 0 Å². The fourth-order valence-corrected chi connectivity index (χ4v) is 11.6. The molecule has 0 saturated heterocycles.